The van der Waals surface area contributed by atoms with Crippen LogP contribution in [-0.2, 0) is 0 Å². The smallest absolute Gasteiger partial charge is 0.319 e. The summed E-state index contributed by atoms with van der Waals surface area (Å²) in [6.45, 7) is 2.90. The van der Waals surface area contributed by atoms with Gasteiger partial charge in [0.25, 0.3) is 0 Å². The summed E-state index contributed by atoms with van der Waals surface area (Å²) in [4.78, 5) is 16.0. The van der Waals surface area contributed by atoms with E-state index in [4.69, 9.17) is 5.73 Å². The zero-order chi connectivity index (χ0) is 13.4. The number of benzene rings is 1. The fourth-order valence-corrected chi connectivity index (χ4v) is 3.26. The van der Waals surface area contributed by atoms with E-state index in [-0.39, 0.29) is 12.1 Å². The van der Waals surface area contributed by atoms with E-state index in [2.05, 4.69) is 17.3 Å². The molecule has 1 aromatic rings. The van der Waals surface area contributed by atoms with Crippen molar-refractivity contribution in [3.05, 3.63) is 24.3 Å². The molecule has 0 spiro atoms. The molecule has 0 saturated carbocycles. The van der Waals surface area contributed by atoms with Crippen molar-refractivity contribution < 1.29 is 4.79 Å². The maximum Gasteiger partial charge on any atom is 0.319 e. The minimum absolute atomic E-state index is 0.150. The van der Waals surface area contributed by atoms with E-state index < -0.39 is 0 Å². The number of nitrogens with zero attached hydrogens (tertiary/aromatic N) is 2. The number of primary amides is 1. The second-order valence-electron chi connectivity index (χ2n) is 5.48. The SMILES string of the molecule is CN1CCC(C2CNc3ccccc3N2C(N)=O)C1. The minimum atomic E-state index is -0.353. The second-order valence-corrected chi connectivity index (χ2v) is 5.48. The summed E-state index contributed by atoms with van der Waals surface area (Å²) in [7, 11) is 2.12. The van der Waals surface area contributed by atoms with E-state index in [0.29, 0.717) is 5.92 Å². The third kappa shape index (κ3) is 2.14. The highest BCUT2D eigenvalue weighted by Gasteiger charge is 2.37. The number of rotatable bonds is 1. The molecule has 2 aliphatic rings. The van der Waals surface area contributed by atoms with Crippen LogP contribution in [0.25, 0.3) is 0 Å². The molecule has 2 atom stereocenters. The first kappa shape index (κ1) is 12.3. The fourth-order valence-electron chi connectivity index (χ4n) is 3.26. The molecule has 0 bridgehead atoms. The lowest BCUT2D eigenvalue weighted by molar-refractivity contribution is 0.248. The van der Waals surface area contributed by atoms with E-state index >= 15 is 0 Å². The summed E-state index contributed by atoms with van der Waals surface area (Å²) in [6, 6.07) is 7.65. The molecule has 3 rings (SSSR count). The lowest BCUT2D eigenvalue weighted by Gasteiger charge is -2.39. The quantitative estimate of drug-likeness (QED) is 0.800. The number of carbonyl (C=O) groups is 1. The summed E-state index contributed by atoms with van der Waals surface area (Å²) in [6.07, 6.45) is 1.12. The van der Waals surface area contributed by atoms with Crippen LogP contribution in [0.4, 0.5) is 16.2 Å². The summed E-state index contributed by atoms with van der Waals surface area (Å²) >= 11 is 0. The molecule has 0 aromatic heterocycles. The van der Waals surface area contributed by atoms with Crippen molar-refractivity contribution in [2.24, 2.45) is 11.7 Å². The van der Waals surface area contributed by atoms with E-state index in [0.717, 1.165) is 37.4 Å². The Morgan fingerprint density at radius 1 is 1.42 bits per heavy atom. The lowest BCUT2D eigenvalue weighted by atomic mass is 9.94. The van der Waals surface area contributed by atoms with Crippen LogP contribution in [0.2, 0.25) is 0 Å². The normalized spacial score (nSPS) is 26.9. The van der Waals surface area contributed by atoms with Crippen molar-refractivity contribution >= 4 is 17.4 Å². The molecular formula is C14H20N4O. The van der Waals surface area contributed by atoms with Crippen molar-refractivity contribution in [3.63, 3.8) is 0 Å². The molecule has 2 amide bonds. The molecule has 1 fully saturated rings. The molecule has 5 heteroatoms. The Morgan fingerprint density at radius 3 is 2.89 bits per heavy atom. The molecule has 0 aliphatic carbocycles. The topological polar surface area (TPSA) is 61.6 Å². The van der Waals surface area contributed by atoms with Gasteiger partial charge in [-0.25, -0.2) is 4.79 Å². The molecule has 2 heterocycles. The summed E-state index contributed by atoms with van der Waals surface area (Å²) in [5.74, 6) is 0.485. The maximum absolute atomic E-state index is 11.9. The Kier molecular flexibility index (Phi) is 3.06. The number of carbonyl (C=O) groups excluding carboxylic acids is 1. The van der Waals surface area contributed by atoms with Crippen LogP contribution in [0.15, 0.2) is 24.3 Å². The number of nitrogens with one attached hydrogen (secondary N) is 1. The second kappa shape index (κ2) is 4.74. The van der Waals surface area contributed by atoms with E-state index in [1.165, 1.54) is 0 Å². The van der Waals surface area contributed by atoms with Gasteiger partial charge in [-0.05, 0) is 38.1 Å². The van der Waals surface area contributed by atoms with Gasteiger partial charge in [-0.2, -0.15) is 0 Å². The first-order valence-corrected chi connectivity index (χ1v) is 6.77. The van der Waals surface area contributed by atoms with Gasteiger partial charge in [0.2, 0.25) is 0 Å². The summed E-state index contributed by atoms with van der Waals surface area (Å²) in [5, 5.41) is 3.42. The largest absolute Gasteiger partial charge is 0.381 e. The van der Waals surface area contributed by atoms with Gasteiger partial charge in [0, 0.05) is 13.1 Å². The van der Waals surface area contributed by atoms with Crippen LogP contribution in [-0.4, -0.2) is 43.7 Å². The first-order chi connectivity index (χ1) is 9.16. The van der Waals surface area contributed by atoms with Crippen molar-refractivity contribution in [1.82, 2.24) is 4.90 Å². The van der Waals surface area contributed by atoms with E-state index in [1.54, 1.807) is 4.90 Å². The Morgan fingerprint density at radius 2 is 2.21 bits per heavy atom. The van der Waals surface area contributed by atoms with Crippen LogP contribution in [0, 0.1) is 5.92 Å². The summed E-state index contributed by atoms with van der Waals surface area (Å²) < 4.78 is 0. The molecule has 3 N–H and O–H groups in total. The lowest BCUT2D eigenvalue weighted by Crippen LogP contribution is -2.53. The van der Waals surface area contributed by atoms with Crippen molar-refractivity contribution in [2.45, 2.75) is 12.5 Å². The molecule has 5 nitrogen and oxygen atoms in total. The van der Waals surface area contributed by atoms with Gasteiger partial charge in [-0.1, -0.05) is 12.1 Å². The molecule has 102 valence electrons. The molecule has 2 aliphatic heterocycles. The number of urea groups is 1. The Labute approximate surface area is 113 Å². The van der Waals surface area contributed by atoms with Gasteiger partial charge in [0.1, 0.15) is 0 Å². The van der Waals surface area contributed by atoms with Crippen LogP contribution in [0.3, 0.4) is 0 Å². The number of fused-ring (bicyclic) bond motifs is 1. The minimum Gasteiger partial charge on any atom is -0.381 e. The van der Waals surface area contributed by atoms with E-state index in [9.17, 15) is 4.79 Å². The van der Waals surface area contributed by atoms with Gasteiger partial charge < -0.3 is 16.0 Å². The highest BCUT2D eigenvalue weighted by atomic mass is 16.2. The van der Waals surface area contributed by atoms with Gasteiger partial charge >= 0.3 is 6.03 Å². The van der Waals surface area contributed by atoms with Gasteiger partial charge in [0.05, 0.1) is 17.4 Å². The molecular weight excluding hydrogens is 240 g/mol. The monoisotopic (exact) mass is 260 g/mol. The number of nitrogens with two attached hydrogens (primary N) is 1. The van der Waals surface area contributed by atoms with Crippen molar-refractivity contribution in [2.75, 3.05) is 36.9 Å². The van der Waals surface area contributed by atoms with Gasteiger partial charge in [-0.15, -0.1) is 0 Å². The number of likely N-dealkylation sites (tertiary alicyclic amines) is 1. The Balaban J connectivity index is 1.92. The van der Waals surface area contributed by atoms with Gasteiger partial charge in [-0.3, -0.25) is 4.90 Å². The fraction of sp³-hybridized carbons (Fsp3) is 0.500. The Bertz CT molecular complexity index is 490. The van der Waals surface area contributed by atoms with Crippen LogP contribution in [0.5, 0.6) is 0 Å². The predicted molar refractivity (Wildman–Crippen MR) is 76.4 cm³/mol. The average Bonchev–Trinajstić information content (AvgIpc) is 2.83. The van der Waals surface area contributed by atoms with Crippen LogP contribution in [0.1, 0.15) is 6.42 Å². The third-order valence-electron chi connectivity index (χ3n) is 4.21. The Hall–Kier alpha value is -1.75. The number of anilines is 2. The average molecular weight is 260 g/mol. The van der Waals surface area contributed by atoms with Crippen molar-refractivity contribution in [3.8, 4) is 0 Å². The zero-order valence-corrected chi connectivity index (χ0v) is 11.2. The maximum atomic E-state index is 11.9. The predicted octanol–water partition coefficient (Wildman–Crippen LogP) is 1.32. The number of hydrogen-bond donors (Lipinski definition) is 2. The highest BCUT2D eigenvalue weighted by Crippen LogP contribution is 2.35. The molecule has 1 saturated heterocycles. The van der Waals surface area contributed by atoms with Crippen molar-refractivity contribution in [1.29, 1.82) is 0 Å². The molecule has 1 aromatic carbocycles. The number of amides is 2. The van der Waals surface area contributed by atoms with Crippen LogP contribution >= 0.6 is 0 Å². The van der Waals surface area contributed by atoms with Gasteiger partial charge in [0.15, 0.2) is 0 Å². The number of para-hydroxylation sites is 2. The first-order valence-electron chi connectivity index (χ1n) is 6.77. The number of hydrogen-bond acceptors (Lipinski definition) is 3. The van der Waals surface area contributed by atoms with E-state index in [1.807, 2.05) is 24.3 Å². The third-order valence-corrected chi connectivity index (χ3v) is 4.21. The highest BCUT2D eigenvalue weighted by molar-refractivity contribution is 5.96. The molecule has 2 unspecified atom stereocenters. The summed E-state index contributed by atoms with van der Waals surface area (Å²) in [5.41, 5.74) is 7.51. The standard InChI is InChI=1S/C14H20N4O/c1-17-7-6-10(9-17)13-8-16-11-4-2-3-5-12(11)18(13)14(15)19/h2-5,10,13,16H,6-9H2,1H3,(H2,15,19). The van der Waals surface area contributed by atoms with Crippen LogP contribution < -0.4 is 16.0 Å². The molecule has 0 radical (unpaired) electrons. The molecule has 19 heavy (non-hydrogen) atoms. The zero-order valence-electron chi connectivity index (χ0n) is 11.2.